The predicted octanol–water partition coefficient (Wildman–Crippen LogP) is 3.58. The topological polar surface area (TPSA) is 117 Å². The quantitative estimate of drug-likeness (QED) is 0.355. The van der Waals surface area contributed by atoms with E-state index >= 15 is 0 Å². The zero-order valence-corrected chi connectivity index (χ0v) is 20.2. The van der Waals surface area contributed by atoms with Crippen molar-refractivity contribution in [3.8, 4) is 22.5 Å². The molecule has 10 heteroatoms. The Kier molecular flexibility index (Phi) is 6.59. The van der Waals surface area contributed by atoms with Crippen molar-refractivity contribution in [2.75, 3.05) is 43.5 Å². The first kappa shape index (κ1) is 23.3. The van der Waals surface area contributed by atoms with Gasteiger partial charge in [0.2, 0.25) is 5.91 Å². The molecule has 4 heterocycles. The predicted molar refractivity (Wildman–Crippen MR) is 139 cm³/mol. The van der Waals surface area contributed by atoms with Crippen LogP contribution in [0.15, 0.2) is 60.9 Å². The third-order valence-electron chi connectivity index (χ3n) is 6.43. The molecule has 6 rings (SSSR count). The number of ether oxygens (including phenoxy) is 2. The van der Waals surface area contributed by atoms with Crippen molar-refractivity contribution in [3.63, 3.8) is 0 Å². The van der Waals surface area contributed by atoms with Crippen LogP contribution >= 0.6 is 0 Å². The maximum Gasteiger partial charge on any atom is 0.238 e. The number of rotatable bonds is 7. The average molecular weight is 498 g/mol. The fourth-order valence-electron chi connectivity index (χ4n) is 4.47. The molecule has 1 amide bonds. The number of morpholine rings is 1. The number of carbonyl (C=O) groups excluding carboxylic acids is 1. The third-order valence-corrected chi connectivity index (χ3v) is 6.43. The lowest BCUT2D eigenvalue weighted by molar-refractivity contribution is -0.118. The van der Waals surface area contributed by atoms with Crippen molar-refractivity contribution in [2.24, 2.45) is 0 Å². The summed E-state index contributed by atoms with van der Waals surface area (Å²) in [6.45, 7) is 4.09. The Hall–Kier alpha value is -4.12. The van der Waals surface area contributed by atoms with Gasteiger partial charge in [0.05, 0.1) is 44.9 Å². The molecular weight excluding hydrogens is 470 g/mol. The van der Waals surface area contributed by atoms with E-state index in [1.54, 1.807) is 6.20 Å². The lowest BCUT2D eigenvalue weighted by atomic mass is 10.1. The Morgan fingerprint density at radius 3 is 2.62 bits per heavy atom. The van der Waals surface area contributed by atoms with E-state index in [9.17, 15) is 4.79 Å². The molecule has 188 valence electrons. The molecule has 2 aromatic heterocycles. The number of aromatic nitrogens is 4. The van der Waals surface area contributed by atoms with Crippen molar-refractivity contribution >= 4 is 23.1 Å². The van der Waals surface area contributed by atoms with Crippen LogP contribution in [-0.2, 0) is 27.5 Å². The number of nitrogens with zero attached hydrogens (tertiary/aromatic N) is 4. The van der Waals surface area contributed by atoms with Crippen LogP contribution in [0.25, 0.3) is 22.5 Å². The van der Waals surface area contributed by atoms with Crippen LogP contribution in [0.4, 0.5) is 17.2 Å². The van der Waals surface area contributed by atoms with Gasteiger partial charge in [0.15, 0.2) is 5.82 Å². The number of nitrogens with one attached hydrogen (secondary N) is 3. The van der Waals surface area contributed by atoms with Gasteiger partial charge in [-0.05, 0) is 29.8 Å². The molecular formula is C27H27N7O3. The van der Waals surface area contributed by atoms with E-state index < -0.39 is 0 Å². The highest BCUT2D eigenvalue weighted by atomic mass is 16.5. The van der Waals surface area contributed by atoms with E-state index in [-0.39, 0.29) is 5.91 Å². The standard InChI is InChI=1S/C27H27N7O3/c35-25(15-34-8-10-36-11-9-34)30-22-3-1-2-19(12-22)26-32-24-17-37-16-23(24)27(33-26)31-21-6-4-18(5-7-21)20-13-28-29-14-20/h1-7,12-14H,8-11,15-17H2,(H,28,29)(H,30,35)(H,31,32,33). The minimum Gasteiger partial charge on any atom is -0.379 e. The number of H-pyrrole nitrogens is 1. The highest BCUT2D eigenvalue weighted by Gasteiger charge is 2.21. The van der Waals surface area contributed by atoms with Crippen LogP contribution < -0.4 is 10.6 Å². The van der Waals surface area contributed by atoms with Crippen LogP contribution in [0.1, 0.15) is 11.3 Å². The molecule has 0 spiro atoms. The van der Waals surface area contributed by atoms with E-state index in [4.69, 9.17) is 19.4 Å². The monoisotopic (exact) mass is 497 g/mol. The van der Waals surface area contributed by atoms with Gasteiger partial charge >= 0.3 is 0 Å². The first-order valence-electron chi connectivity index (χ1n) is 12.3. The SMILES string of the molecule is O=C(CN1CCOCC1)Nc1cccc(-c2nc3c(c(Nc4ccc(-c5cn[nH]c5)cc4)n2)COC3)c1. The second-order valence-corrected chi connectivity index (χ2v) is 9.02. The first-order chi connectivity index (χ1) is 18.2. The lowest BCUT2D eigenvalue weighted by Gasteiger charge is -2.25. The van der Waals surface area contributed by atoms with E-state index in [0.717, 1.165) is 52.5 Å². The molecule has 0 aliphatic carbocycles. The van der Waals surface area contributed by atoms with E-state index in [1.807, 2.05) is 54.7 Å². The van der Waals surface area contributed by atoms with Gasteiger partial charge in [-0.2, -0.15) is 5.10 Å². The average Bonchev–Trinajstić information content (AvgIpc) is 3.63. The summed E-state index contributed by atoms with van der Waals surface area (Å²) in [5.74, 6) is 1.24. The Labute approximate surface area is 214 Å². The zero-order chi connectivity index (χ0) is 25.0. The Bertz CT molecular complexity index is 1380. The summed E-state index contributed by atoms with van der Waals surface area (Å²) in [5, 5.41) is 13.3. The normalized spacial score (nSPS) is 15.4. The molecule has 1 saturated heterocycles. The van der Waals surface area contributed by atoms with Gasteiger partial charge in [-0.25, -0.2) is 9.97 Å². The summed E-state index contributed by atoms with van der Waals surface area (Å²) in [6.07, 6.45) is 3.66. The number of benzene rings is 2. The summed E-state index contributed by atoms with van der Waals surface area (Å²) in [7, 11) is 0. The maximum atomic E-state index is 12.6. The van der Waals surface area contributed by atoms with Crippen LogP contribution in [0.5, 0.6) is 0 Å². The summed E-state index contributed by atoms with van der Waals surface area (Å²) in [5.41, 5.74) is 6.36. The Morgan fingerprint density at radius 2 is 1.81 bits per heavy atom. The van der Waals surface area contributed by atoms with E-state index in [0.29, 0.717) is 44.5 Å². The Balaban J connectivity index is 1.21. The smallest absolute Gasteiger partial charge is 0.238 e. The van der Waals surface area contributed by atoms with Gasteiger partial charge in [0.25, 0.3) is 0 Å². The molecule has 2 aliphatic rings. The van der Waals surface area contributed by atoms with Gasteiger partial charge in [-0.1, -0.05) is 24.3 Å². The molecule has 2 aromatic carbocycles. The van der Waals surface area contributed by atoms with E-state index in [1.165, 1.54) is 0 Å². The molecule has 1 fully saturated rings. The highest BCUT2D eigenvalue weighted by molar-refractivity contribution is 5.92. The number of fused-ring (bicyclic) bond motifs is 1. The molecule has 0 unspecified atom stereocenters. The molecule has 10 nitrogen and oxygen atoms in total. The number of amides is 1. The largest absolute Gasteiger partial charge is 0.379 e. The van der Waals surface area contributed by atoms with Crippen LogP contribution in [0, 0.1) is 0 Å². The van der Waals surface area contributed by atoms with Gasteiger partial charge < -0.3 is 20.1 Å². The van der Waals surface area contributed by atoms with Crippen LogP contribution in [0.3, 0.4) is 0 Å². The van der Waals surface area contributed by atoms with Gasteiger partial charge in [0.1, 0.15) is 5.82 Å². The third kappa shape index (κ3) is 5.36. The number of aromatic amines is 1. The highest BCUT2D eigenvalue weighted by Crippen LogP contribution is 2.31. The first-order valence-corrected chi connectivity index (χ1v) is 12.3. The van der Waals surface area contributed by atoms with Crippen molar-refractivity contribution in [3.05, 3.63) is 72.2 Å². The molecule has 0 bridgehead atoms. The molecule has 0 radical (unpaired) electrons. The summed E-state index contributed by atoms with van der Waals surface area (Å²) < 4.78 is 11.0. The van der Waals surface area contributed by atoms with Gasteiger partial charge in [-0.3, -0.25) is 14.8 Å². The maximum absolute atomic E-state index is 12.6. The fraction of sp³-hybridized carbons (Fsp3) is 0.259. The fourth-order valence-corrected chi connectivity index (χ4v) is 4.47. The Morgan fingerprint density at radius 1 is 0.946 bits per heavy atom. The van der Waals surface area contributed by atoms with Gasteiger partial charge in [0, 0.05) is 47.4 Å². The van der Waals surface area contributed by atoms with Crippen LogP contribution in [-0.4, -0.2) is 63.8 Å². The van der Waals surface area contributed by atoms with E-state index in [2.05, 4.69) is 25.7 Å². The second-order valence-electron chi connectivity index (χ2n) is 9.02. The van der Waals surface area contributed by atoms with Crippen LogP contribution in [0.2, 0.25) is 0 Å². The minimum atomic E-state index is -0.0523. The molecule has 0 saturated carbocycles. The van der Waals surface area contributed by atoms with Crippen molar-refractivity contribution < 1.29 is 14.3 Å². The molecule has 2 aliphatic heterocycles. The van der Waals surface area contributed by atoms with Gasteiger partial charge in [-0.15, -0.1) is 0 Å². The summed E-state index contributed by atoms with van der Waals surface area (Å²) >= 11 is 0. The number of hydrogen-bond donors (Lipinski definition) is 3. The molecule has 37 heavy (non-hydrogen) atoms. The summed E-state index contributed by atoms with van der Waals surface area (Å²) in [6, 6.07) is 15.7. The molecule has 3 N–H and O–H groups in total. The molecule has 4 aromatic rings. The number of hydrogen-bond acceptors (Lipinski definition) is 8. The molecule has 0 atom stereocenters. The summed E-state index contributed by atoms with van der Waals surface area (Å²) in [4.78, 5) is 24.3. The number of carbonyl (C=O) groups is 1. The van der Waals surface area contributed by atoms with Crippen molar-refractivity contribution in [2.45, 2.75) is 13.2 Å². The minimum absolute atomic E-state index is 0.0523. The van der Waals surface area contributed by atoms with Crippen molar-refractivity contribution in [1.82, 2.24) is 25.1 Å². The number of anilines is 3. The zero-order valence-electron chi connectivity index (χ0n) is 20.2. The van der Waals surface area contributed by atoms with Crippen molar-refractivity contribution in [1.29, 1.82) is 0 Å². The lowest BCUT2D eigenvalue weighted by Crippen LogP contribution is -2.41. The second kappa shape index (κ2) is 10.5.